The summed E-state index contributed by atoms with van der Waals surface area (Å²) in [4.78, 5) is 12.8. The van der Waals surface area contributed by atoms with Crippen LogP contribution in [-0.4, -0.2) is 40.3 Å². The van der Waals surface area contributed by atoms with E-state index >= 15 is 0 Å². The highest BCUT2D eigenvalue weighted by Crippen LogP contribution is 2.25. The highest BCUT2D eigenvalue weighted by atomic mass is 32.2. The van der Waals surface area contributed by atoms with Gasteiger partial charge in [0.1, 0.15) is 18.0 Å². The molecule has 9 heteroatoms. The number of ether oxygens (including phenoxy) is 2. The van der Waals surface area contributed by atoms with Crippen LogP contribution in [0, 0.1) is 6.92 Å². The number of aryl methyl sites for hydroxylation is 1. The third-order valence-corrected chi connectivity index (χ3v) is 6.88. The lowest BCUT2D eigenvalue weighted by molar-refractivity contribution is -0.119. The summed E-state index contributed by atoms with van der Waals surface area (Å²) in [5, 5.41) is 3.98. The largest absolute Gasteiger partial charge is 0.494 e. The average Bonchev–Trinajstić information content (AvgIpc) is 2.88. The second-order valence-corrected chi connectivity index (χ2v) is 9.82. The lowest BCUT2D eigenvalue weighted by Crippen LogP contribution is -2.39. The second-order valence-electron chi connectivity index (χ2n) is 7.96. The summed E-state index contributed by atoms with van der Waals surface area (Å²) in [7, 11) is -4.03. The fraction of sp³-hybridized carbons (Fsp3) is 0.259. The van der Waals surface area contributed by atoms with Crippen LogP contribution in [0.3, 0.4) is 0 Å². The van der Waals surface area contributed by atoms with Gasteiger partial charge in [0.15, 0.2) is 0 Å². The molecule has 0 aliphatic rings. The van der Waals surface area contributed by atoms with Crippen LogP contribution >= 0.6 is 0 Å². The Hall–Kier alpha value is -3.85. The molecule has 0 aliphatic carbocycles. The summed E-state index contributed by atoms with van der Waals surface area (Å²) in [5.41, 5.74) is 4.52. The maximum Gasteiger partial charge on any atom is 0.264 e. The molecule has 0 saturated heterocycles. The summed E-state index contributed by atoms with van der Waals surface area (Å²) in [6, 6.07) is 20.3. The molecule has 0 radical (unpaired) electrons. The zero-order valence-corrected chi connectivity index (χ0v) is 21.5. The standard InChI is InChI=1S/C27H31N3O5S/c1-4-18-35-25-12-8-22(9-13-25)19-28-29-27(31)20-30(23-10-6-21(3)7-11-23)36(32,33)26-16-14-24(15-17-26)34-5-2/h6-17,19H,4-5,18,20H2,1-3H3,(H,29,31)/b28-19-. The average molecular weight is 510 g/mol. The molecule has 3 aromatic carbocycles. The number of benzene rings is 3. The normalized spacial score (nSPS) is 11.3. The Morgan fingerprint density at radius 3 is 2.14 bits per heavy atom. The van der Waals surface area contributed by atoms with Gasteiger partial charge >= 0.3 is 0 Å². The van der Waals surface area contributed by atoms with Crippen LogP contribution in [0.4, 0.5) is 5.69 Å². The van der Waals surface area contributed by atoms with Gasteiger partial charge in [0.25, 0.3) is 15.9 Å². The van der Waals surface area contributed by atoms with Gasteiger partial charge in [-0.15, -0.1) is 0 Å². The molecule has 0 aliphatic heterocycles. The zero-order chi connectivity index (χ0) is 26.0. The van der Waals surface area contributed by atoms with Gasteiger partial charge in [-0.1, -0.05) is 24.6 Å². The van der Waals surface area contributed by atoms with Crippen LogP contribution in [-0.2, 0) is 14.8 Å². The first-order chi connectivity index (χ1) is 17.3. The SMILES string of the molecule is CCCOc1ccc(/C=N\NC(=O)CN(c2ccc(C)cc2)S(=O)(=O)c2ccc(OCC)cc2)cc1. The van der Waals surface area contributed by atoms with E-state index in [9.17, 15) is 13.2 Å². The minimum absolute atomic E-state index is 0.0493. The van der Waals surface area contributed by atoms with Gasteiger partial charge in [0.05, 0.1) is 30.0 Å². The van der Waals surface area contributed by atoms with Crippen LogP contribution in [0.1, 0.15) is 31.4 Å². The Kier molecular flexibility index (Phi) is 9.46. The third kappa shape index (κ3) is 7.32. The Morgan fingerprint density at radius 1 is 0.917 bits per heavy atom. The van der Waals surface area contributed by atoms with Crippen molar-refractivity contribution in [2.45, 2.75) is 32.1 Å². The molecule has 0 saturated carbocycles. The molecule has 8 nitrogen and oxygen atoms in total. The van der Waals surface area contributed by atoms with E-state index in [1.807, 2.05) is 45.0 Å². The molecule has 0 heterocycles. The lowest BCUT2D eigenvalue weighted by atomic mass is 10.2. The maximum atomic E-state index is 13.5. The number of hydrogen-bond donors (Lipinski definition) is 1. The molecule has 0 spiro atoms. The van der Waals surface area contributed by atoms with Gasteiger partial charge in [-0.25, -0.2) is 13.8 Å². The van der Waals surface area contributed by atoms with Crippen molar-refractivity contribution in [3.8, 4) is 11.5 Å². The molecule has 0 atom stereocenters. The van der Waals surface area contributed by atoms with E-state index in [0.717, 1.165) is 27.6 Å². The number of sulfonamides is 1. The molecule has 190 valence electrons. The van der Waals surface area contributed by atoms with Crippen molar-refractivity contribution in [1.82, 2.24) is 5.43 Å². The predicted octanol–water partition coefficient (Wildman–Crippen LogP) is 4.53. The second kappa shape index (κ2) is 12.7. The molecule has 0 fully saturated rings. The Bertz CT molecular complexity index is 1260. The molecular formula is C27H31N3O5S. The van der Waals surface area contributed by atoms with Gasteiger partial charge in [-0.05, 0) is 86.5 Å². The van der Waals surface area contributed by atoms with Crippen LogP contribution in [0.25, 0.3) is 0 Å². The number of anilines is 1. The van der Waals surface area contributed by atoms with Crippen LogP contribution in [0.2, 0.25) is 0 Å². The maximum absolute atomic E-state index is 13.5. The third-order valence-electron chi connectivity index (χ3n) is 5.09. The minimum Gasteiger partial charge on any atom is -0.494 e. The van der Waals surface area contributed by atoms with E-state index in [1.54, 1.807) is 36.4 Å². The van der Waals surface area contributed by atoms with Crippen LogP contribution < -0.4 is 19.2 Å². The molecule has 3 rings (SSSR count). The van der Waals surface area contributed by atoms with E-state index in [2.05, 4.69) is 10.5 Å². The molecule has 0 bridgehead atoms. The molecule has 1 N–H and O–H groups in total. The number of amides is 1. The van der Waals surface area contributed by atoms with Crippen LogP contribution in [0.15, 0.2) is 82.8 Å². The molecule has 1 amide bonds. The first kappa shape index (κ1) is 26.7. The Balaban J connectivity index is 1.75. The summed E-state index contributed by atoms with van der Waals surface area (Å²) in [5.74, 6) is 0.742. The fourth-order valence-corrected chi connectivity index (χ4v) is 4.66. The quantitative estimate of drug-likeness (QED) is 0.286. The number of nitrogens with zero attached hydrogens (tertiary/aromatic N) is 2. The number of nitrogens with one attached hydrogen (secondary N) is 1. The molecular weight excluding hydrogens is 478 g/mol. The van der Waals surface area contributed by atoms with Crippen molar-refractivity contribution in [2.75, 3.05) is 24.1 Å². The van der Waals surface area contributed by atoms with E-state index < -0.39 is 22.5 Å². The number of hydrazone groups is 1. The highest BCUT2D eigenvalue weighted by molar-refractivity contribution is 7.92. The zero-order valence-electron chi connectivity index (χ0n) is 20.7. The van der Waals surface area contributed by atoms with E-state index in [0.29, 0.717) is 24.7 Å². The van der Waals surface area contributed by atoms with Crippen molar-refractivity contribution >= 4 is 27.8 Å². The van der Waals surface area contributed by atoms with Crippen molar-refractivity contribution in [3.05, 3.63) is 83.9 Å². The van der Waals surface area contributed by atoms with Crippen molar-refractivity contribution < 1.29 is 22.7 Å². The van der Waals surface area contributed by atoms with Crippen molar-refractivity contribution in [3.63, 3.8) is 0 Å². The summed E-state index contributed by atoms with van der Waals surface area (Å²) < 4.78 is 39.0. The lowest BCUT2D eigenvalue weighted by Gasteiger charge is -2.24. The van der Waals surface area contributed by atoms with Gasteiger partial charge in [-0.3, -0.25) is 9.10 Å². The summed E-state index contributed by atoms with van der Waals surface area (Å²) in [6.07, 6.45) is 2.40. The molecule has 0 unspecified atom stereocenters. The Morgan fingerprint density at radius 2 is 1.53 bits per heavy atom. The van der Waals surface area contributed by atoms with Gasteiger partial charge in [-0.2, -0.15) is 5.10 Å². The number of carbonyl (C=O) groups excluding carboxylic acids is 1. The van der Waals surface area contributed by atoms with Gasteiger partial charge in [0, 0.05) is 0 Å². The van der Waals surface area contributed by atoms with E-state index in [1.165, 1.54) is 18.3 Å². The summed E-state index contributed by atoms with van der Waals surface area (Å²) in [6.45, 7) is 6.45. The topological polar surface area (TPSA) is 97.3 Å². The van der Waals surface area contributed by atoms with Crippen molar-refractivity contribution in [1.29, 1.82) is 0 Å². The fourth-order valence-electron chi connectivity index (χ4n) is 3.24. The first-order valence-electron chi connectivity index (χ1n) is 11.7. The van der Waals surface area contributed by atoms with Gasteiger partial charge < -0.3 is 9.47 Å². The van der Waals surface area contributed by atoms with E-state index in [4.69, 9.17) is 9.47 Å². The first-order valence-corrected chi connectivity index (χ1v) is 13.1. The van der Waals surface area contributed by atoms with Crippen LogP contribution in [0.5, 0.6) is 11.5 Å². The minimum atomic E-state index is -4.03. The predicted molar refractivity (Wildman–Crippen MR) is 141 cm³/mol. The molecule has 0 aromatic heterocycles. The number of rotatable bonds is 12. The summed E-state index contributed by atoms with van der Waals surface area (Å²) >= 11 is 0. The smallest absolute Gasteiger partial charge is 0.264 e. The van der Waals surface area contributed by atoms with E-state index in [-0.39, 0.29) is 4.90 Å². The highest BCUT2D eigenvalue weighted by Gasteiger charge is 2.27. The molecule has 3 aromatic rings. The molecule has 36 heavy (non-hydrogen) atoms. The number of hydrogen-bond acceptors (Lipinski definition) is 6. The number of carbonyl (C=O) groups is 1. The Labute approximate surface area is 212 Å². The van der Waals surface area contributed by atoms with Crippen molar-refractivity contribution in [2.24, 2.45) is 5.10 Å². The van der Waals surface area contributed by atoms with Gasteiger partial charge in [0.2, 0.25) is 0 Å². The monoisotopic (exact) mass is 509 g/mol.